The van der Waals surface area contributed by atoms with Gasteiger partial charge in [-0.25, -0.2) is 0 Å². The summed E-state index contributed by atoms with van der Waals surface area (Å²) in [5.41, 5.74) is 0. The van der Waals surface area contributed by atoms with Gasteiger partial charge in [-0.3, -0.25) is 19.2 Å². The SMILES string of the molecule is O=C(O)C(C(=O)O)c1sc(C(C(=O)O)C(=O)O)c(O)c1O.[H-].[H-].[Na+].[Na+]. The molecule has 1 rings (SSSR count). The molecule has 13 heteroatoms. The Labute approximate surface area is 178 Å². The third kappa shape index (κ3) is 5.08. The molecule has 23 heavy (non-hydrogen) atoms. The number of hydrogen-bond donors (Lipinski definition) is 6. The van der Waals surface area contributed by atoms with Crippen LogP contribution in [-0.4, -0.2) is 54.5 Å². The van der Waals surface area contributed by atoms with E-state index in [0.29, 0.717) is 0 Å². The van der Waals surface area contributed by atoms with Gasteiger partial charge >= 0.3 is 83.0 Å². The molecule has 1 heterocycles. The fourth-order valence-corrected chi connectivity index (χ4v) is 2.76. The molecule has 0 spiro atoms. The smallest absolute Gasteiger partial charge is 1.00 e. The molecule has 1 aromatic heterocycles. The van der Waals surface area contributed by atoms with Gasteiger partial charge in [-0.15, -0.1) is 11.3 Å². The minimum atomic E-state index is -2.27. The molecule has 0 aliphatic heterocycles. The number of aliphatic carboxylic acids is 4. The standard InChI is InChI=1S/C10H8O10S.2Na.2H/c11-3-4(12)6(2(9(17)18)10(19)20)21-5(3)1(7(13)14)8(15)16;;;;/h1-2,11-12H,(H,13,14)(H,15,16)(H,17,18)(H,19,20);;;;/q;2*+1;2*-1. The molecule has 6 N–H and O–H groups in total. The van der Waals surface area contributed by atoms with Crippen LogP contribution >= 0.6 is 11.3 Å². The quantitative estimate of drug-likeness (QED) is 0.208. The number of carbonyl (C=O) groups is 4. The second-order valence-electron chi connectivity index (χ2n) is 3.75. The Morgan fingerprint density at radius 2 is 0.913 bits per heavy atom. The van der Waals surface area contributed by atoms with Gasteiger partial charge in [0.05, 0.1) is 9.75 Å². The zero-order valence-corrected chi connectivity index (χ0v) is 16.7. The minimum Gasteiger partial charge on any atom is -1.00 e. The second kappa shape index (κ2) is 9.47. The normalized spacial score (nSPS) is 9.83. The fourth-order valence-electron chi connectivity index (χ4n) is 1.50. The van der Waals surface area contributed by atoms with E-state index in [1.165, 1.54) is 0 Å². The van der Waals surface area contributed by atoms with Crippen LogP contribution in [0.15, 0.2) is 0 Å². The maximum absolute atomic E-state index is 10.9. The minimum absolute atomic E-state index is 0. The molecule has 0 fully saturated rings. The van der Waals surface area contributed by atoms with Crippen molar-refractivity contribution in [1.82, 2.24) is 0 Å². The summed E-state index contributed by atoms with van der Waals surface area (Å²) in [6.07, 6.45) is 0. The third-order valence-corrected chi connectivity index (χ3v) is 3.72. The topological polar surface area (TPSA) is 190 Å². The summed E-state index contributed by atoms with van der Waals surface area (Å²) in [5.74, 6) is -14.3. The van der Waals surface area contributed by atoms with Gasteiger partial charge in [-0.05, 0) is 0 Å². The Balaban J connectivity index is -0.000000551. The molecule has 0 bridgehead atoms. The van der Waals surface area contributed by atoms with Gasteiger partial charge in [0.25, 0.3) is 0 Å². The van der Waals surface area contributed by atoms with E-state index in [1.54, 1.807) is 0 Å². The summed E-state index contributed by atoms with van der Waals surface area (Å²) < 4.78 is 0. The first-order valence-corrected chi connectivity index (χ1v) is 5.86. The van der Waals surface area contributed by atoms with Crippen molar-refractivity contribution < 1.29 is 112 Å². The molecule has 0 saturated carbocycles. The Bertz CT molecular complexity index is 569. The summed E-state index contributed by atoms with van der Waals surface area (Å²) in [7, 11) is 0. The largest absolute Gasteiger partial charge is 1.00 e. The van der Waals surface area contributed by atoms with Crippen molar-refractivity contribution in [2.75, 3.05) is 0 Å². The molecule has 10 nitrogen and oxygen atoms in total. The van der Waals surface area contributed by atoms with E-state index in [4.69, 9.17) is 20.4 Å². The molecular formula is C10H10Na2O10S. The first kappa shape index (κ1) is 24.4. The summed E-state index contributed by atoms with van der Waals surface area (Å²) >= 11 is 0.0923. The molecule has 0 atom stereocenters. The van der Waals surface area contributed by atoms with Crippen LogP contribution < -0.4 is 59.1 Å². The second-order valence-corrected chi connectivity index (χ2v) is 4.83. The Kier molecular flexibility index (Phi) is 10.1. The van der Waals surface area contributed by atoms with Crippen LogP contribution in [-0.2, 0) is 19.2 Å². The van der Waals surface area contributed by atoms with Crippen molar-refractivity contribution in [2.24, 2.45) is 0 Å². The van der Waals surface area contributed by atoms with Crippen molar-refractivity contribution >= 4 is 35.2 Å². The van der Waals surface area contributed by atoms with Crippen LogP contribution in [0.2, 0.25) is 0 Å². The molecule has 0 saturated heterocycles. The predicted molar refractivity (Wildman–Crippen MR) is 65.9 cm³/mol. The number of carboxylic acids is 4. The number of carboxylic acid groups (broad SMARTS) is 4. The van der Waals surface area contributed by atoms with Crippen LogP contribution in [0.5, 0.6) is 11.5 Å². The predicted octanol–water partition coefficient (Wildman–Crippen LogP) is -6.10. The van der Waals surface area contributed by atoms with Crippen molar-refractivity contribution in [3.63, 3.8) is 0 Å². The summed E-state index contributed by atoms with van der Waals surface area (Å²) in [6, 6.07) is 0. The number of thiophene rings is 1. The van der Waals surface area contributed by atoms with Crippen LogP contribution in [0.25, 0.3) is 0 Å². The van der Waals surface area contributed by atoms with Gasteiger partial charge < -0.3 is 33.5 Å². The van der Waals surface area contributed by atoms with Crippen molar-refractivity contribution in [1.29, 1.82) is 0 Å². The van der Waals surface area contributed by atoms with Crippen molar-refractivity contribution in [3.05, 3.63) is 9.75 Å². The molecule has 0 aromatic carbocycles. The first-order chi connectivity index (χ1) is 9.59. The Morgan fingerprint density at radius 1 is 0.696 bits per heavy atom. The average molecular weight is 368 g/mol. The molecule has 0 amide bonds. The summed E-state index contributed by atoms with van der Waals surface area (Å²) in [5, 5.41) is 54.2. The molecule has 1 aromatic rings. The molecule has 118 valence electrons. The van der Waals surface area contributed by atoms with Gasteiger partial charge in [0.15, 0.2) is 23.3 Å². The van der Waals surface area contributed by atoms with E-state index in [9.17, 15) is 29.4 Å². The van der Waals surface area contributed by atoms with E-state index in [0.717, 1.165) is 0 Å². The fraction of sp³-hybridized carbons (Fsp3) is 0.200. The molecular weight excluding hydrogens is 358 g/mol. The third-order valence-electron chi connectivity index (χ3n) is 2.42. The molecule has 0 radical (unpaired) electrons. The maximum Gasteiger partial charge on any atom is 1.00 e. The molecule has 0 unspecified atom stereocenters. The summed E-state index contributed by atoms with van der Waals surface area (Å²) in [4.78, 5) is 41.9. The number of rotatable bonds is 6. The van der Waals surface area contributed by atoms with Gasteiger partial charge in [0.1, 0.15) is 0 Å². The van der Waals surface area contributed by atoms with E-state index in [1.807, 2.05) is 0 Å². The van der Waals surface area contributed by atoms with Crippen molar-refractivity contribution in [2.45, 2.75) is 11.8 Å². The van der Waals surface area contributed by atoms with Crippen LogP contribution in [0.1, 0.15) is 24.4 Å². The monoisotopic (exact) mass is 368 g/mol. The zero-order valence-electron chi connectivity index (χ0n) is 13.9. The van der Waals surface area contributed by atoms with Crippen LogP contribution in [0, 0.1) is 0 Å². The molecule has 0 aliphatic carbocycles. The van der Waals surface area contributed by atoms with Crippen molar-refractivity contribution in [3.8, 4) is 11.5 Å². The number of hydrogen-bond acceptors (Lipinski definition) is 7. The van der Waals surface area contributed by atoms with Gasteiger partial charge in [-0.1, -0.05) is 0 Å². The summed E-state index contributed by atoms with van der Waals surface area (Å²) in [6.45, 7) is 0. The van der Waals surface area contributed by atoms with Crippen LogP contribution in [0.3, 0.4) is 0 Å². The van der Waals surface area contributed by atoms with E-state index >= 15 is 0 Å². The van der Waals surface area contributed by atoms with E-state index in [2.05, 4.69) is 0 Å². The zero-order chi connectivity index (χ0) is 16.5. The van der Waals surface area contributed by atoms with Gasteiger partial charge in [0, 0.05) is 0 Å². The Hall–Kier alpha value is -0.820. The van der Waals surface area contributed by atoms with Gasteiger partial charge in [-0.2, -0.15) is 0 Å². The van der Waals surface area contributed by atoms with Gasteiger partial charge in [0.2, 0.25) is 0 Å². The average Bonchev–Trinajstić information content (AvgIpc) is 2.57. The Morgan fingerprint density at radius 3 is 1.09 bits per heavy atom. The van der Waals surface area contributed by atoms with E-state index in [-0.39, 0.29) is 73.3 Å². The van der Waals surface area contributed by atoms with E-state index < -0.39 is 57.0 Å². The molecule has 0 aliphatic rings. The van der Waals surface area contributed by atoms with Crippen LogP contribution in [0.4, 0.5) is 0 Å². The maximum atomic E-state index is 10.9. The number of aromatic hydroxyl groups is 2. The first-order valence-electron chi connectivity index (χ1n) is 5.05.